The maximum absolute atomic E-state index is 12.6. The zero-order valence-electron chi connectivity index (χ0n) is 40.9. The minimum absolute atomic E-state index is 0.0483. The second-order valence-electron chi connectivity index (χ2n) is 16.3. The highest BCUT2D eigenvalue weighted by molar-refractivity contribution is 7.47. The molecule has 0 bridgehead atoms. The van der Waals surface area contributed by atoms with Crippen molar-refractivity contribution in [3.8, 4) is 0 Å². The molecule has 0 amide bonds. The molecule has 0 saturated heterocycles. The Morgan fingerprint density at radius 3 is 1.26 bits per heavy atom. The van der Waals surface area contributed by atoms with Gasteiger partial charge in [0.15, 0.2) is 6.10 Å². The summed E-state index contributed by atoms with van der Waals surface area (Å²) in [6.45, 7) is 3.54. The molecule has 0 aliphatic carbocycles. The Morgan fingerprint density at radius 1 is 0.477 bits per heavy atom. The summed E-state index contributed by atoms with van der Waals surface area (Å²) in [4.78, 5) is 34.7. The van der Waals surface area contributed by atoms with Crippen LogP contribution in [0.1, 0.15) is 194 Å². The van der Waals surface area contributed by atoms with Gasteiger partial charge in [-0.2, -0.15) is 0 Å². The van der Waals surface area contributed by atoms with Gasteiger partial charge in [-0.25, -0.2) is 4.57 Å². The van der Waals surface area contributed by atoms with Crippen LogP contribution in [0, 0.1) is 0 Å². The predicted octanol–water partition coefficient (Wildman–Crippen LogP) is 15.5. The maximum atomic E-state index is 12.6. The first-order chi connectivity index (χ1) is 31.8. The molecule has 0 aliphatic heterocycles. The number of ether oxygens (including phenoxy) is 2. The lowest BCUT2D eigenvalue weighted by Crippen LogP contribution is -2.29. The van der Waals surface area contributed by atoms with Crippen molar-refractivity contribution in [1.29, 1.82) is 0 Å². The molecule has 10 heteroatoms. The molecular formula is C55H92NO8P. The van der Waals surface area contributed by atoms with E-state index < -0.39 is 32.5 Å². The van der Waals surface area contributed by atoms with Gasteiger partial charge in [0.1, 0.15) is 6.61 Å². The molecule has 3 N–H and O–H groups in total. The summed E-state index contributed by atoms with van der Waals surface area (Å²) in [6, 6.07) is 0. The molecule has 0 spiro atoms. The standard InChI is InChI=1S/C55H92NO8P/c1-3-5-7-9-11-12-13-14-15-16-17-18-19-20-21-22-23-24-25-26-27-28-29-30-31-32-33-34-35-36-37-38-39-40-42-44-46-48-55(58)64-53(52-63-65(59,60)62-50-49-56)51-61-54(57)47-45-43-41-10-8-6-4-2/h5,7,11-12,14-15,17-18,20-21,23-24,26-27,29-30,32-33,53H,3-4,6,8-10,13,16,19,22,25,28,31,34-52,56H2,1-2H3,(H,59,60)/b7-5-,12-11-,15-14-,18-17-,21-20-,24-23-,27-26-,30-29-,33-32-. The van der Waals surface area contributed by atoms with Crippen LogP contribution in [0.25, 0.3) is 0 Å². The molecule has 0 radical (unpaired) electrons. The summed E-state index contributed by atoms with van der Waals surface area (Å²) in [6.07, 6.45) is 67.4. The van der Waals surface area contributed by atoms with Crippen molar-refractivity contribution in [1.82, 2.24) is 0 Å². The van der Waals surface area contributed by atoms with Crippen LogP contribution >= 0.6 is 7.82 Å². The molecule has 370 valence electrons. The van der Waals surface area contributed by atoms with Crippen molar-refractivity contribution in [2.24, 2.45) is 5.73 Å². The summed E-state index contributed by atoms with van der Waals surface area (Å²) in [7, 11) is -4.38. The lowest BCUT2D eigenvalue weighted by molar-refractivity contribution is -0.161. The molecule has 2 unspecified atom stereocenters. The number of allylic oxidation sites excluding steroid dienone is 18. The third-order valence-electron chi connectivity index (χ3n) is 10.2. The van der Waals surface area contributed by atoms with Gasteiger partial charge in [-0.1, -0.05) is 207 Å². The Morgan fingerprint density at radius 2 is 0.846 bits per heavy atom. The highest BCUT2D eigenvalue weighted by atomic mass is 31.2. The van der Waals surface area contributed by atoms with Crippen LogP contribution < -0.4 is 5.73 Å². The van der Waals surface area contributed by atoms with Gasteiger partial charge < -0.3 is 20.1 Å². The van der Waals surface area contributed by atoms with Crippen LogP contribution in [-0.2, 0) is 32.7 Å². The van der Waals surface area contributed by atoms with Gasteiger partial charge in [-0.3, -0.25) is 18.6 Å². The SMILES string of the molecule is CC/C=C\C/C=C\C/C=C\C/C=C\C/C=C\C/C=C\C/C=C\C/C=C\C/C=C\CCCCCCCCCCCC(=O)OC(COC(=O)CCCCCCCCC)COP(=O)(O)OCCN. The number of esters is 2. The largest absolute Gasteiger partial charge is 0.472 e. The van der Waals surface area contributed by atoms with Gasteiger partial charge in [0, 0.05) is 19.4 Å². The molecule has 0 aliphatic rings. The van der Waals surface area contributed by atoms with Crippen LogP contribution in [0.2, 0.25) is 0 Å². The minimum atomic E-state index is -4.38. The lowest BCUT2D eigenvalue weighted by Gasteiger charge is -2.19. The molecule has 0 aromatic rings. The van der Waals surface area contributed by atoms with Crippen LogP contribution in [0.5, 0.6) is 0 Å². The van der Waals surface area contributed by atoms with Crippen LogP contribution in [0.3, 0.4) is 0 Å². The average Bonchev–Trinajstić information content (AvgIpc) is 3.30. The van der Waals surface area contributed by atoms with Gasteiger partial charge in [0.2, 0.25) is 0 Å². The van der Waals surface area contributed by atoms with E-state index in [-0.39, 0.29) is 32.6 Å². The first-order valence-electron chi connectivity index (χ1n) is 25.4. The monoisotopic (exact) mass is 926 g/mol. The van der Waals surface area contributed by atoms with Crippen LogP contribution in [-0.4, -0.2) is 49.3 Å². The predicted molar refractivity (Wildman–Crippen MR) is 275 cm³/mol. The number of carbonyl (C=O) groups excluding carboxylic acids is 2. The molecule has 65 heavy (non-hydrogen) atoms. The molecule has 9 nitrogen and oxygen atoms in total. The van der Waals surface area contributed by atoms with Crippen molar-refractivity contribution in [3.63, 3.8) is 0 Å². The van der Waals surface area contributed by atoms with Crippen LogP contribution in [0.15, 0.2) is 109 Å². The summed E-state index contributed by atoms with van der Waals surface area (Å²) in [5, 5.41) is 0. The van der Waals surface area contributed by atoms with E-state index in [1.54, 1.807) is 0 Å². The summed E-state index contributed by atoms with van der Waals surface area (Å²) >= 11 is 0. The van der Waals surface area contributed by atoms with Gasteiger partial charge in [-0.15, -0.1) is 0 Å². The average molecular weight is 926 g/mol. The summed E-state index contributed by atoms with van der Waals surface area (Å²) in [5.41, 5.74) is 5.34. The zero-order chi connectivity index (χ0) is 47.4. The van der Waals surface area contributed by atoms with Gasteiger partial charge in [-0.05, 0) is 83.5 Å². The quantitative estimate of drug-likeness (QED) is 0.0265. The Balaban J connectivity index is 3.92. The van der Waals surface area contributed by atoms with E-state index in [0.717, 1.165) is 109 Å². The molecular weight excluding hydrogens is 834 g/mol. The van der Waals surface area contributed by atoms with Crippen molar-refractivity contribution in [2.75, 3.05) is 26.4 Å². The Hall–Kier alpha value is -3.33. The molecule has 2 atom stereocenters. The second kappa shape index (κ2) is 50.1. The van der Waals surface area contributed by atoms with Crippen molar-refractivity contribution >= 4 is 19.8 Å². The molecule has 0 rings (SSSR count). The van der Waals surface area contributed by atoms with Crippen LogP contribution in [0.4, 0.5) is 0 Å². The van der Waals surface area contributed by atoms with Gasteiger partial charge >= 0.3 is 19.8 Å². The van der Waals surface area contributed by atoms with Crippen molar-refractivity contribution < 1.29 is 37.6 Å². The highest BCUT2D eigenvalue weighted by Gasteiger charge is 2.26. The number of hydrogen-bond donors (Lipinski definition) is 2. The number of rotatable bonds is 46. The summed E-state index contributed by atoms with van der Waals surface area (Å²) in [5.74, 6) is -0.849. The Labute approximate surface area is 397 Å². The molecule has 0 aromatic heterocycles. The molecule has 0 saturated carbocycles. The molecule has 0 aromatic carbocycles. The van der Waals surface area contributed by atoms with E-state index >= 15 is 0 Å². The first kappa shape index (κ1) is 61.7. The zero-order valence-corrected chi connectivity index (χ0v) is 41.8. The third kappa shape index (κ3) is 49.9. The fourth-order valence-corrected chi connectivity index (χ4v) is 7.22. The van der Waals surface area contributed by atoms with Crippen molar-refractivity contribution in [3.05, 3.63) is 109 Å². The number of hydrogen-bond acceptors (Lipinski definition) is 8. The number of unbranched alkanes of at least 4 members (excludes halogenated alkanes) is 15. The number of phosphoric acid groups is 1. The number of nitrogens with two attached hydrogens (primary N) is 1. The molecule has 0 fully saturated rings. The normalized spacial score (nSPS) is 14.1. The van der Waals surface area contributed by atoms with Gasteiger partial charge in [0.25, 0.3) is 0 Å². The van der Waals surface area contributed by atoms with Gasteiger partial charge in [0.05, 0.1) is 13.2 Å². The maximum Gasteiger partial charge on any atom is 0.472 e. The van der Waals surface area contributed by atoms with E-state index in [1.165, 1.54) is 51.4 Å². The third-order valence-corrected chi connectivity index (χ3v) is 11.2. The Bertz CT molecular complexity index is 1430. The fraction of sp³-hybridized carbons (Fsp3) is 0.636. The summed E-state index contributed by atoms with van der Waals surface area (Å²) < 4.78 is 32.7. The van der Waals surface area contributed by atoms with E-state index in [2.05, 4.69) is 123 Å². The minimum Gasteiger partial charge on any atom is -0.462 e. The second-order valence-corrected chi connectivity index (χ2v) is 17.8. The van der Waals surface area contributed by atoms with E-state index in [1.807, 2.05) is 0 Å². The fourth-order valence-electron chi connectivity index (χ4n) is 6.45. The smallest absolute Gasteiger partial charge is 0.462 e. The first-order valence-corrected chi connectivity index (χ1v) is 26.9. The molecule has 0 heterocycles. The van der Waals surface area contributed by atoms with E-state index in [9.17, 15) is 19.0 Å². The number of carbonyl (C=O) groups is 2. The van der Waals surface area contributed by atoms with Crippen molar-refractivity contribution in [2.45, 2.75) is 200 Å². The number of phosphoric ester groups is 1. The highest BCUT2D eigenvalue weighted by Crippen LogP contribution is 2.43. The Kier molecular flexibility index (Phi) is 47.5. The van der Waals surface area contributed by atoms with E-state index in [4.69, 9.17) is 24.3 Å². The topological polar surface area (TPSA) is 134 Å². The lowest BCUT2D eigenvalue weighted by atomic mass is 10.1. The van der Waals surface area contributed by atoms with E-state index in [0.29, 0.717) is 6.42 Å².